The number of hydrogen-bond donors (Lipinski definition) is 1. The lowest BCUT2D eigenvalue weighted by Gasteiger charge is -2.24. The van der Waals surface area contributed by atoms with Crippen LogP contribution in [0.5, 0.6) is 5.75 Å². The number of thioether (sulfide) groups is 1. The van der Waals surface area contributed by atoms with Crippen molar-refractivity contribution in [3.05, 3.63) is 46.4 Å². The van der Waals surface area contributed by atoms with Crippen LogP contribution in [-0.4, -0.2) is 41.5 Å². The van der Waals surface area contributed by atoms with Crippen molar-refractivity contribution in [2.75, 3.05) is 24.8 Å². The van der Waals surface area contributed by atoms with Gasteiger partial charge in [0.25, 0.3) is 5.56 Å². The molecule has 2 heterocycles. The van der Waals surface area contributed by atoms with Gasteiger partial charge in [0.05, 0.1) is 24.0 Å². The molecule has 0 atom stereocenters. The third-order valence-electron chi connectivity index (χ3n) is 3.96. The molecule has 0 fully saturated rings. The third-order valence-corrected chi connectivity index (χ3v) is 4.96. The van der Waals surface area contributed by atoms with Gasteiger partial charge in [0.1, 0.15) is 18.0 Å². The predicted molar refractivity (Wildman–Crippen MR) is 97.5 cm³/mol. The molecule has 9 heteroatoms. The molecule has 0 bridgehead atoms. The van der Waals surface area contributed by atoms with Crippen LogP contribution < -0.4 is 20.5 Å². The van der Waals surface area contributed by atoms with Gasteiger partial charge >= 0.3 is 0 Å². The minimum Gasteiger partial charge on any atom is -0.497 e. The molecule has 0 unspecified atom stereocenters. The number of aromatic nitrogens is 2. The van der Waals surface area contributed by atoms with Crippen molar-refractivity contribution in [2.24, 2.45) is 0 Å². The van der Waals surface area contributed by atoms with Gasteiger partial charge in [-0.25, -0.2) is 4.68 Å². The summed E-state index contributed by atoms with van der Waals surface area (Å²) in [5, 5.41) is 6.78. The minimum absolute atomic E-state index is 0.153. The van der Waals surface area contributed by atoms with Gasteiger partial charge in [0.2, 0.25) is 11.8 Å². The van der Waals surface area contributed by atoms with Crippen LogP contribution in [0.4, 0.5) is 5.69 Å². The Morgan fingerprint density at radius 2 is 2.19 bits per heavy atom. The number of nitrogens with zero attached hydrogens (tertiary/aromatic N) is 3. The summed E-state index contributed by atoms with van der Waals surface area (Å²) in [5.41, 5.74) is 0.689. The zero-order valence-corrected chi connectivity index (χ0v) is 15.2. The molecule has 1 aromatic carbocycles. The van der Waals surface area contributed by atoms with E-state index in [2.05, 4.69) is 10.4 Å². The molecule has 0 spiro atoms. The SMILES string of the molecule is COc1cccc(CNC(=O)Cn2ncc3c(c2=O)N(C)C(=O)CS3)c1. The van der Waals surface area contributed by atoms with Crippen molar-refractivity contribution in [3.8, 4) is 5.75 Å². The normalized spacial score (nSPS) is 13.3. The van der Waals surface area contributed by atoms with Crippen LogP contribution in [-0.2, 0) is 22.7 Å². The number of anilines is 1. The first kappa shape index (κ1) is 18.0. The molecule has 8 nitrogen and oxygen atoms in total. The summed E-state index contributed by atoms with van der Waals surface area (Å²) in [7, 11) is 3.13. The van der Waals surface area contributed by atoms with Crippen molar-refractivity contribution >= 4 is 29.3 Å². The maximum absolute atomic E-state index is 12.6. The summed E-state index contributed by atoms with van der Waals surface area (Å²) < 4.78 is 6.21. The molecule has 2 aromatic rings. The van der Waals surface area contributed by atoms with Gasteiger partial charge in [0, 0.05) is 13.6 Å². The summed E-state index contributed by atoms with van der Waals surface area (Å²) in [4.78, 5) is 38.5. The molecule has 0 aliphatic carbocycles. The molecule has 1 aliphatic rings. The van der Waals surface area contributed by atoms with Gasteiger partial charge < -0.3 is 15.0 Å². The predicted octanol–water partition coefficient (Wildman–Crippen LogP) is 0.637. The number of hydrogen-bond acceptors (Lipinski definition) is 6. The zero-order chi connectivity index (χ0) is 18.7. The number of rotatable bonds is 5. The van der Waals surface area contributed by atoms with Crippen LogP contribution in [0.15, 0.2) is 40.2 Å². The standard InChI is InChI=1S/C17H18N4O4S/c1-20-15(23)10-26-13-8-19-21(17(24)16(13)20)9-14(22)18-7-11-4-3-5-12(6-11)25-2/h3-6,8H,7,9-10H2,1-2H3,(H,18,22). The summed E-state index contributed by atoms with van der Waals surface area (Å²) in [5.74, 6) is 0.476. The highest BCUT2D eigenvalue weighted by Crippen LogP contribution is 2.30. The lowest BCUT2D eigenvalue weighted by atomic mass is 10.2. The van der Waals surface area contributed by atoms with Crippen molar-refractivity contribution in [2.45, 2.75) is 18.0 Å². The molecule has 1 aliphatic heterocycles. The van der Waals surface area contributed by atoms with Crippen LogP contribution in [0, 0.1) is 0 Å². The van der Waals surface area contributed by atoms with Gasteiger partial charge in [0.15, 0.2) is 0 Å². The fraction of sp³-hybridized carbons (Fsp3) is 0.294. The number of benzene rings is 1. The molecule has 136 valence electrons. The monoisotopic (exact) mass is 374 g/mol. The quantitative estimate of drug-likeness (QED) is 0.825. The van der Waals surface area contributed by atoms with Crippen LogP contribution in [0.1, 0.15) is 5.56 Å². The van der Waals surface area contributed by atoms with Crippen LogP contribution in [0.2, 0.25) is 0 Å². The summed E-state index contributed by atoms with van der Waals surface area (Å²) in [6.45, 7) is 0.0900. The van der Waals surface area contributed by atoms with Crippen LogP contribution in [0.3, 0.4) is 0 Å². The second kappa shape index (κ2) is 7.61. The minimum atomic E-state index is -0.456. The van der Waals surface area contributed by atoms with E-state index in [-0.39, 0.29) is 29.8 Å². The molecule has 0 saturated carbocycles. The van der Waals surface area contributed by atoms with E-state index >= 15 is 0 Å². The Labute approximate surface area is 154 Å². The lowest BCUT2D eigenvalue weighted by Crippen LogP contribution is -2.40. The second-order valence-corrected chi connectivity index (χ2v) is 6.71. The maximum atomic E-state index is 12.6. The Morgan fingerprint density at radius 3 is 2.96 bits per heavy atom. The van der Waals surface area contributed by atoms with E-state index in [1.54, 1.807) is 14.2 Å². The van der Waals surface area contributed by atoms with Crippen molar-refractivity contribution < 1.29 is 14.3 Å². The van der Waals surface area contributed by atoms with Crippen molar-refractivity contribution in [3.63, 3.8) is 0 Å². The summed E-state index contributed by atoms with van der Waals surface area (Å²) in [6, 6.07) is 7.34. The van der Waals surface area contributed by atoms with Crippen molar-refractivity contribution in [1.82, 2.24) is 15.1 Å². The van der Waals surface area contributed by atoms with Crippen LogP contribution >= 0.6 is 11.8 Å². The average molecular weight is 374 g/mol. The highest BCUT2D eigenvalue weighted by molar-refractivity contribution is 8.00. The Bertz CT molecular complexity index is 912. The molecular formula is C17H18N4O4S. The lowest BCUT2D eigenvalue weighted by molar-refractivity contribution is -0.122. The molecule has 1 aromatic heterocycles. The number of nitrogens with one attached hydrogen (secondary N) is 1. The Balaban J connectivity index is 1.70. The van der Waals surface area contributed by atoms with Gasteiger partial charge in [-0.05, 0) is 17.7 Å². The maximum Gasteiger partial charge on any atom is 0.292 e. The summed E-state index contributed by atoms with van der Waals surface area (Å²) >= 11 is 1.27. The topological polar surface area (TPSA) is 93.5 Å². The Morgan fingerprint density at radius 1 is 1.38 bits per heavy atom. The average Bonchev–Trinajstić information content (AvgIpc) is 2.65. The number of carbonyl (C=O) groups is 2. The fourth-order valence-electron chi connectivity index (χ4n) is 2.53. The van der Waals surface area contributed by atoms with Crippen molar-refractivity contribution in [1.29, 1.82) is 0 Å². The summed E-state index contributed by atoms with van der Waals surface area (Å²) in [6.07, 6.45) is 1.51. The molecular weight excluding hydrogens is 356 g/mol. The first-order chi connectivity index (χ1) is 12.5. The smallest absolute Gasteiger partial charge is 0.292 e. The van der Waals surface area contributed by atoms with Gasteiger partial charge in [-0.1, -0.05) is 12.1 Å². The molecule has 3 rings (SSSR count). The molecule has 1 N–H and O–H groups in total. The van der Waals surface area contributed by atoms with E-state index in [0.717, 1.165) is 10.2 Å². The highest BCUT2D eigenvalue weighted by atomic mass is 32.2. The first-order valence-corrected chi connectivity index (χ1v) is 8.87. The van der Waals surface area contributed by atoms with E-state index in [4.69, 9.17) is 4.74 Å². The third kappa shape index (κ3) is 3.72. The molecule has 0 radical (unpaired) electrons. The Hall–Kier alpha value is -2.81. The van der Waals surface area contributed by atoms with E-state index in [1.807, 2.05) is 24.3 Å². The van der Waals surface area contributed by atoms with E-state index in [1.165, 1.54) is 22.9 Å². The number of amides is 2. The fourth-order valence-corrected chi connectivity index (χ4v) is 3.48. The zero-order valence-electron chi connectivity index (χ0n) is 14.4. The second-order valence-electron chi connectivity index (χ2n) is 5.69. The molecule has 26 heavy (non-hydrogen) atoms. The van der Waals surface area contributed by atoms with Crippen LogP contribution in [0.25, 0.3) is 0 Å². The number of carbonyl (C=O) groups excluding carboxylic acids is 2. The number of methoxy groups -OCH3 is 1. The Kier molecular flexibility index (Phi) is 5.27. The molecule has 0 saturated heterocycles. The van der Waals surface area contributed by atoms with E-state index in [9.17, 15) is 14.4 Å². The van der Waals surface area contributed by atoms with Gasteiger partial charge in [-0.15, -0.1) is 11.8 Å². The first-order valence-electron chi connectivity index (χ1n) is 7.88. The molecule has 2 amide bonds. The highest BCUT2D eigenvalue weighted by Gasteiger charge is 2.26. The number of ether oxygens (including phenoxy) is 1. The largest absolute Gasteiger partial charge is 0.497 e. The van der Waals surface area contributed by atoms with Gasteiger partial charge in [-0.3, -0.25) is 14.4 Å². The van der Waals surface area contributed by atoms with E-state index in [0.29, 0.717) is 17.2 Å². The van der Waals surface area contributed by atoms with Gasteiger partial charge in [-0.2, -0.15) is 5.10 Å². The van der Waals surface area contributed by atoms with E-state index < -0.39 is 5.56 Å². The number of fused-ring (bicyclic) bond motifs is 1.